The minimum Gasteiger partial charge on any atom is -0.384 e. The van der Waals surface area contributed by atoms with Gasteiger partial charge in [-0.25, -0.2) is 8.42 Å². The van der Waals surface area contributed by atoms with Crippen molar-refractivity contribution < 1.29 is 17.7 Å². The van der Waals surface area contributed by atoms with Gasteiger partial charge < -0.3 is 15.0 Å². The molecule has 1 heterocycles. The Balaban J connectivity index is 0.00000242. The van der Waals surface area contributed by atoms with E-state index in [1.807, 2.05) is 24.3 Å². The summed E-state index contributed by atoms with van der Waals surface area (Å²) in [5, 5.41) is 3.79. The molecular weight excluding hydrogens is 330 g/mol. The van der Waals surface area contributed by atoms with Crippen molar-refractivity contribution in [1.29, 1.82) is 0 Å². The van der Waals surface area contributed by atoms with Gasteiger partial charge in [-0.1, -0.05) is 29.4 Å². The molecule has 0 unspecified atom stereocenters. The molecule has 1 aromatic heterocycles. The van der Waals surface area contributed by atoms with Crippen molar-refractivity contribution in [2.45, 2.75) is 12.3 Å². The molecule has 122 valence electrons. The van der Waals surface area contributed by atoms with Gasteiger partial charge in [0.2, 0.25) is 11.7 Å². The van der Waals surface area contributed by atoms with Crippen LogP contribution in [0.2, 0.25) is 0 Å². The number of rotatable bonds is 7. The molecule has 0 aliphatic carbocycles. The number of ether oxygens (including phenoxy) is 1. The van der Waals surface area contributed by atoms with Gasteiger partial charge in [-0.2, -0.15) is 4.98 Å². The van der Waals surface area contributed by atoms with Crippen molar-refractivity contribution in [1.82, 2.24) is 10.1 Å². The van der Waals surface area contributed by atoms with E-state index in [2.05, 4.69) is 10.1 Å². The molecule has 0 bridgehead atoms. The largest absolute Gasteiger partial charge is 0.384 e. The second kappa shape index (κ2) is 8.23. The molecule has 0 atom stereocenters. The molecule has 2 rings (SSSR count). The number of methoxy groups -OCH3 is 1. The fraction of sp³-hybridized carbons (Fsp3) is 0.385. The quantitative estimate of drug-likeness (QED) is 0.800. The Morgan fingerprint density at radius 1 is 1.27 bits per heavy atom. The molecule has 2 aromatic rings. The Labute approximate surface area is 135 Å². The summed E-state index contributed by atoms with van der Waals surface area (Å²) in [7, 11) is -1.86. The molecule has 7 nitrogen and oxygen atoms in total. The Hall–Kier alpha value is -1.48. The van der Waals surface area contributed by atoms with Crippen LogP contribution in [-0.4, -0.2) is 38.0 Å². The zero-order valence-corrected chi connectivity index (χ0v) is 13.7. The Kier molecular flexibility index (Phi) is 6.95. The molecule has 0 fully saturated rings. The van der Waals surface area contributed by atoms with E-state index in [0.29, 0.717) is 12.4 Å². The van der Waals surface area contributed by atoms with Gasteiger partial charge in [-0.15, -0.1) is 12.4 Å². The summed E-state index contributed by atoms with van der Waals surface area (Å²) in [5.74, 6) is 0.0657. The fourth-order valence-corrected chi connectivity index (χ4v) is 2.75. The number of hydrogen-bond acceptors (Lipinski definition) is 7. The number of benzene rings is 1. The standard InChI is InChI=1S/C13H17N3O4S.ClH/c1-19-6-7-21(17,18)9-12-15-13(16-20-12)11-4-2-10(8-14)3-5-11;/h2-5H,6-9,14H2,1H3;1H. The van der Waals surface area contributed by atoms with Crippen molar-refractivity contribution in [3.8, 4) is 11.4 Å². The van der Waals surface area contributed by atoms with Gasteiger partial charge in [0.1, 0.15) is 5.75 Å². The Bertz CT molecular complexity index is 686. The lowest BCUT2D eigenvalue weighted by Crippen LogP contribution is -2.13. The highest BCUT2D eigenvalue weighted by atomic mass is 35.5. The molecule has 0 radical (unpaired) electrons. The maximum absolute atomic E-state index is 11.8. The number of nitrogens with zero attached hydrogens (tertiary/aromatic N) is 2. The topological polar surface area (TPSA) is 108 Å². The number of hydrogen-bond donors (Lipinski definition) is 1. The number of sulfone groups is 1. The van der Waals surface area contributed by atoms with E-state index in [4.69, 9.17) is 15.0 Å². The lowest BCUT2D eigenvalue weighted by atomic mass is 10.1. The van der Waals surface area contributed by atoms with E-state index in [0.717, 1.165) is 11.1 Å². The van der Waals surface area contributed by atoms with Crippen molar-refractivity contribution in [2.24, 2.45) is 5.73 Å². The SMILES string of the molecule is COCCS(=O)(=O)Cc1nc(-c2ccc(CN)cc2)no1.Cl. The van der Waals surface area contributed by atoms with Crippen LogP contribution in [0, 0.1) is 0 Å². The summed E-state index contributed by atoms with van der Waals surface area (Å²) in [4.78, 5) is 4.10. The molecule has 0 spiro atoms. The molecule has 0 amide bonds. The van der Waals surface area contributed by atoms with Crippen LogP contribution in [0.1, 0.15) is 11.5 Å². The van der Waals surface area contributed by atoms with Crippen LogP contribution in [0.4, 0.5) is 0 Å². The van der Waals surface area contributed by atoms with E-state index < -0.39 is 9.84 Å². The second-order valence-electron chi connectivity index (χ2n) is 4.50. The predicted molar refractivity (Wildman–Crippen MR) is 84.2 cm³/mol. The van der Waals surface area contributed by atoms with E-state index in [1.165, 1.54) is 7.11 Å². The van der Waals surface area contributed by atoms with E-state index in [1.54, 1.807) is 0 Å². The van der Waals surface area contributed by atoms with E-state index in [9.17, 15) is 8.42 Å². The lowest BCUT2D eigenvalue weighted by Gasteiger charge is -1.99. The van der Waals surface area contributed by atoms with Crippen molar-refractivity contribution in [3.05, 3.63) is 35.7 Å². The molecule has 9 heteroatoms. The normalized spacial score (nSPS) is 11.2. The van der Waals surface area contributed by atoms with Crippen LogP contribution in [0.25, 0.3) is 11.4 Å². The predicted octanol–water partition coefficient (Wildman–Crippen LogP) is 1.18. The van der Waals surface area contributed by atoms with Crippen LogP contribution in [0.15, 0.2) is 28.8 Å². The van der Waals surface area contributed by atoms with Gasteiger partial charge in [0.25, 0.3) is 0 Å². The van der Waals surface area contributed by atoms with E-state index >= 15 is 0 Å². The second-order valence-corrected chi connectivity index (χ2v) is 6.68. The average molecular weight is 348 g/mol. The molecule has 0 aliphatic rings. The van der Waals surface area contributed by atoms with Crippen LogP contribution >= 0.6 is 12.4 Å². The zero-order valence-electron chi connectivity index (χ0n) is 12.1. The minimum atomic E-state index is -3.31. The summed E-state index contributed by atoms with van der Waals surface area (Å²) in [6.45, 7) is 0.597. The molecule has 0 saturated carbocycles. The van der Waals surface area contributed by atoms with Crippen LogP contribution in [0.3, 0.4) is 0 Å². The summed E-state index contributed by atoms with van der Waals surface area (Å²) in [5.41, 5.74) is 7.26. The van der Waals surface area contributed by atoms with Gasteiger partial charge in [0.05, 0.1) is 12.4 Å². The maximum Gasteiger partial charge on any atom is 0.242 e. The first-order valence-corrected chi connectivity index (χ1v) is 8.17. The van der Waals surface area contributed by atoms with Crippen molar-refractivity contribution in [3.63, 3.8) is 0 Å². The van der Waals surface area contributed by atoms with Gasteiger partial charge in [0.15, 0.2) is 9.84 Å². The molecule has 22 heavy (non-hydrogen) atoms. The number of nitrogens with two attached hydrogens (primary N) is 1. The third-order valence-corrected chi connectivity index (χ3v) is 4.33. The summed E-state index contributed by atoms with van der Waals surface area (Å²) >= 11 is 0. The maximum atomic E-state index is 11.8. The molecule has 0 aliphatic heterocycles. The first-order chi connectivity index (χ1) is 10.0. The average Bonchev–Trinajstić information content (AvgIpc) is 2.93. The third kappa shape index (κ3) is 5.06. The highest BCUT2D eigenvalue weighted by Crippen LogP contribution is 2.17. The molecule has 2 N–H and O–H groups in total. The highest BCUT2D eigenvalue weighted by molar-refractivity contribution is 7.90. The molecule has 1 aromatic carbocycles. The van der Waals surface area contributed by atoms with Crippen molar-refractivity contribution in [2.75, 3.05) is 19.5 Å². The van der Waals surface area contributed by atoms with Gasteiger partial charge in [-0.05, 0) is 5.56 Å². The minimum absolute atomic E-state index is 0. The first-order valence-electron chi connectivity index (χ1n) is 6.35. The Morgan fingerprint density at radius 2 is 1.95 bits per heavy atom. The van der Waals surface area contributed by atoms with E-state index in [-0.39, 0.29) is 36.4 Å². The molecular formula is C13H18ClN3O4S. The highest BCUT2D eigenvalue weighted by Gasteiger charge is 2.17. The van der Waals surface area contributed by atoms with Crippen molar-refractivity contribution >= 4 is 22.2 Å². The summed E-state index contributed by atoms with van der Waals surface area (Å²) in [6.07, 6.45) is 0. The summed E-state index contributed by atoms with van der Waals surface area (Å²) in [6, 6.07) is 7.36. The smallest absolute Gasteiger partial charge is 0.242 e. The fourth-order valence-electron chi connectivity index (χ4n) is 1.69. The zero-order chi connectivity index (χ0) is 15.3. The van der Waals surface area contributed by atoms with Crippen LogP contribution in [-0.2, 0) is 26.9 Å². The number of halogens is 1. The van der Waals surface area contributed by atoms with Crippen LogP contribution in [0.5, 0.6) is 0 Å². The van der Waals surface area contributed by atoms with Crippen LogP contribution < -0.4 is 5.73 Å². The Morgan fingerprint density at radius 3 is 2.55 bits per heavy atom. The monoisotopic (exact) mass is 347 g/mol. The van der Waals surface area contributed by atoms with Gasteiger partial charge >= 0.3 is 0 Å². The molecule has 0 saturated heterocycles. The number of aromatic nitrogens is 2. The summed E-state index contributed by atoms with van der Waals surface area (Å²) < 4.78 is 33.3. The lowest BCUT2D eigenvalue weighted by molar-refractivity contribution is 0.217. The van der Waals surface area contributed by atoms with Gasteiger partial charge in [0, 0.05) is 19.2 Å². The van der Waals surface area contributed by atoms with Gasteiger partial charge in [-0.3, -0.25) is 0 Å². The first kappa shape index (κ1) is 18.6. The third-order valence-electron chi connectivity index (χ3n) is 2.86.